The van der Waals surface area contributed by atoms with E-state index in [2.05, 4.69) is 21.9 Å². The maximum absolute atomic E-state index is 11.0. The zero-order valence-electron chi connectivity index (χ0n) is 11.1. The van der Waals surface area contributed by atoms with Crippen molar-refractivity contribution < 1.29 is 4.79 Å². The minimum atomic E-state index is 0.544. The number of nitrogens with zero attached hydrogens (tertiary/aromatic N) is 4. The van der Waals surface area contributed by atoms with Crippen LogP contribution >= 0.6 is 0 Å². The molecule has 2 aromatic heterocycles. The SMILES string of the molecule is CCN1CCCC1Cc1nc2cccc(C=O)n2n1. The molecule has 0 spiro atoms. The number of carbonyl (C=O) groups excluding carboxylic acids is 1. The predicted molar refractivity (Wildman–Crippen MR) is 72.3 cm³/mol. The second-order valence-electron chi connectivity index (χ2n) is 5.00. The minimum Gasteiger partial charge on any atom is -0.300 e. The molecule has 0 saturated carbocycles. The molecule has 5 heteroatoms. The third-order valence-electron chi connectivity index (χ3n) is 3.88. The smallest absolute Gasteiger partial charge is 0.168 e. The van der Waals surface area contributed by atoms with Crippen molar-refractivity contribution in [3.63, 3.8) is 0 Å². The zero-order chi connectivity index (χ0) is 13.2. The number of likely N-dealkylation sites (tertiary alicyclic amines) is 1. The molecule has 0 aliphatic carbocycles. The van der Waals surface area contributed by atoms with Crippen LogP contribution in [0.3, 0.4) is 0 Å². The van der Waals surface area contributed by atoms with Crippen molar-refractivity contribution in [2.24, 2.45) is 0 Å². The molecule has 1 aliphatic rings. The first-order valence-electron chi connectivity index (χ1n) is 6.85. The summed E-state index contributed by atoms with van der Waals surface area (Å²) in [6.45, 7) is 4.45. The lowest BCUT2D eigenvalue weighted by Crippen LogP contribution is -2.31. The average molecular weight is 258 g/mol. The van der Waals surface area contributed by atoms with E-state index in [0.29, 0.717) is 11.7 Å². The van der Waals surface area contributed by atoms with Crippen molar-refractivity contribution in [3.05, 3.63) is 29.7 Å². The number of hydrogen-bond donors (Lipinski definition) is 0. The number of carbonyl (C=O) groups is 1. The molecule has 100 valence electrons. The first kappa shape index (κ1) is 12.3. The molecule has 0 radical (unpaired) electrons. The highest BCUT2D eigenvalue weighted by Gasteiger charge is 2.24. The third-order valence-corrected chi connectivity index (χ3v) is 3.88. The number of pyridine rings is 1. The van der Waals surface area contributed by atoms with Gasteiger partial charge in [-0.15, -0.1) is 0 Å². The van der Waals surface area contributed by atoms with Crippen LogP contribution in [-0.2, 0) is 6.42 Å². The monoisotopic (exact) mass is 258 g/mol. The van der Waals surface area contributed by atoms with Gasteiger partial charge in [-0.3, -0.25) is 4.79 Å². The lowest BCUT2D eigenvalue weighted by atomic mass is 10.1. The van der Waals surface area contributed by atoms with E-state index in [9.17, 15) is 4.79 Å². The topological polar surface area (TPSA) is 50.5 Å². The summed E-state index contributed by atoms with van der Waals surface area (Å²) in [5.41, 5.74) is 1.30. The Balaban J connectivity index is 1.87. The van der Waals surface area contributed by atoms with Crippen molar-refractivity contribution in [2.45, 2.75) is 32.2 Å². The van der Waals surface area contributed by atoms with Crippen LogP contribution in [0.15, 0.2) is 18.2 Å². The Morgan fingerprint density at radius 2 is 2.37 bits per heavy atom. The first-order chi connectivity index (χ1) is 9.31. The Kier molecular flexibility index (Phi) is 3.29. The standard InChI is InChI=1S/C14H18N4O/c1-2-17-8-4-6-11(17)9-13-15-14-7-3-5-12(10-19)18(14)16-13/h3,5,7,10-11H,2,4,6,8-9H2,1H3. The number of aromatic nitrogens is 3. The van der Waals surface area contributed by atoms with Gasteiger partial charge in [0.15, 0.2) is 17.8 Å². The van der Waals surface area contributed by atoms with Gasteiger partial charge >= 0.3 is 0 Å². The second kappa shape index (κ2) is 5.09. The van der Waals surface area contributed by atoms with Crippen LogP contribution < -0.4 is 0 Å². The molecule has 2 aromatic rings. The third kappa shape index (κ3) is 2.26. The summed E-state index contributed by atoms with van der Waals surface area (Å²) in [6, 6.07) is 6.02. The van der Waals surface area contributed by atoms with Crippen molar-refractivity contribution >= 4 is 11.9 Å². The van der Waals surface area contributed by atoms with Crippen molar-refractivity contribution in [2.75, 3.05) is 13.1 Å². The lowest BCUT2D eigenvalue weighted by Gasteiger charge is -2.21. The van der Waals surface area contributed by atoms with Gasteiger partial charge in [0.2, 0.25) is 0 Å². The van der Waals surface area contributed by atoms with Crippen LogP contribution in [0.4, 0.5) is 0 Å². The highest BCUT2D eigenvalue weighted by atomic mass is 16.1. The average Bonchev–Trinajstić information content (AvgIpc) is 3.04. The fourth-order valence-electron chi connectivity index (χ4n) is 2.90. The molecule has 1 unspecified atom stereocenters. The van der Waals surface area contributed by atoms with Crippen molar-refractivity contribution in [1.29, 1.82) is 0 Å². The quantitative estimate of drug-likeness (QED) is 0.781. The molecule has 19 heavy (non-hydrogen) atoms. The summed E-state index contributed by atoms with van der Waals surface area (Å²) in [4.78, 5) is 18.0. The van der Waals surface area contributed by atoms with Gasteiger partial charge in [0.1, 0.15) is 5.69 Å². The van der Waals surface area contributed by atoms with Crippen LogP contribution in [0, 0.1) is 0 Å². The maximum atomic E-state index is 11.0. The molecule has 1 atom stereocenters. The molecule has 0 bridgehead atoms. The maximum Gasteiger partial charge on any atom is 0.168 e. The van der Waals surface area contributed by atoms with Gasteiger partial charge in [-0.25, -0.2) is 9.50 Å². The molecule has 1 saturated heterocycles. The molecule has 0 amide bonds. The molecule has 0 N–H and O–H groups in total. The van der Waals surface area contributed by atoms with Gasteiger partial charge in [0.05, 0.1) is 0 Å². The molecule has 0 aromatic carbocycles. The summed E-state index contributed by atoms with van der Waals surface area (Å²) < 4.78 is 1.63. The Labute approximate surface area is 112 Å². The van der Waals surface area contributed by atoms with Gasteiger partial charge in [-0.1, -0.05) is 13.0 Å². The normalized spacial score (nSPS) is 20.2. The van der Waals surface area contributed by atoms with Crippen LogP contribution in [0.25, 0.3) is 5.65 Å². The Morgan fingerprint density at radius 1 is 1.47 bits per heavy atom. The van der Waals surface area contributed by atoms with E-state index in [1.807, 2.05) is 12.1 Å². The molecule has 3 heterocycles. The highest BCUT2D eigenvalue weighted by Crippen LogP contribution is 2.19. The van der Waals surface area contributed by atoms with E-state index in [4.69, 9.17) is 0 Å². The van der Waals surface area contributed by atoms with Gasteiger partial charge < -0.3 is 4.90 Å². The summed E-state index contributed by atoms with van der Waals surface area (Å²) in [7, 11) is 0. The van der Waals surface area contributed by atoms with Crippen molar-refractivity contribution in [1.82, 2.24) is 19.5 Å². The summed E-state index contributed by atoms with van der Waals surface area (Å²) in [5.74, 6) is 0.833. The number of fused-ring (bicyclic) bond motifs is 1. The number of aldehydes is 1. The predicted octanol–water partition coefficient (Wildman–Crippen LogP) is 1.57. The molecule has 1 aliphatic heterocycles. The second-order valence-corrected chi connectivity index (χ2v) is 5.00. The van der Waals surface area contributed by atoms with Gasteiger partial charge in [0.25, 0.3) is 0 Å². The zero-order valence-corrected chi connectivity index (χ0v) is 11.1. The molecule has 3 rings (SSSR count). The van der Waals surface area contributed by atoms with Gasteiger partial charge in [0, 0.05) is 12.5 Å². The molecular formula is C14H18N4O. The van der Waals surface area contributed by atoms with E-state index >= 15 is 0 Å². The molecule has 5 nitrogen and oxygen atoms in total. The van der Waals surface area contributed by atoms with Gasteiger partial charge in [-0.2, -0.15) is 5.10 Å². The summed E-state index contributed by atoms with van der Waals surface area (Å²) in [6.07, 6.45) is 4.16. The Hall–Kier alpha value is -1.75. The fourth-order valence-corrected chi connectivity index (χ4v) is 2.90. The Bertz CT molecular complexity index is 592. The van der Waals surface area contributed by atoms with E-state index in [1.54, 1.807) is 10.6 Å². The Morgan fingerprint density at radius 3 is 3.16 bits per heavy atom. The van der Waals surface area contributed by atoms with Crippen LogP contribution in [0.2, 0.25) is 0 Å². The summed E-state index contributed by atoms with van der Waals surface area (Å²) in [5, 5.41) is 4.46. The van der Waals surface area contributed by atoms with E-state index in [-0.39, 0.29) is 0 Å². The largest absolute Gasteiger partial charge is 0.300 e. The number of rotatable bonds is 4. The van der Waals surface area contributed by atoms with E-state index in [0.717, 1.165) is 30.7 Å². The fraction of sp³-hybridized carbons (Fsp3) is 0.500. The lowest BCUT2D eigenvalue weighted by molar-refractivity contribution is 0.111. The first-order valence-corrected chi connectivity index (χ1v) is 6.85. The number of hydrogen-bond acceptors (Lipinski definition) is 4. The van der Waals surface area contributed by atoms with E-state index in [1.165, 1.54) is 19.4 Å². The van der Waals surface area contributed by atoms with Crippen LogP contribution in [0.1, 0.15) is 36.1 Å². The number of likely N-dealkylation sites (N-methyl/N-ethyl adjacent to an activating group) is 1. The van der Waals surface area contributed by atoms with Gasteiger partial charge in [-0.05, 0) is 38.1 Å². The van der Waals surface area contributed by atoms with Crippen molar-refractivity contribution in [3.8, 4) is 0 Å². The van der Waals surface area contributed by atoms with E-state index < -0.39 is 0 Å². The highest BCUT2D eigenvalue weighted by molar-refractivity contribution is 5.73. The van der Waals surface area contributed by atoms with Crippen LogP contribution in [0.5, 0.6) is 0 Å². The molecule has 1 fully saturated rings. The minimum absolute atomic E-state index is 0.544. The molecular weight excluding hydrogens is 240 g/mol. The van der Waals surface area contributed by atoms with Crippen LogP contribution in [-0.4, -0.2) is 44.9 Å². The summed E-state index contributed by atoms with van der Waals surface area (Å²) >= 11 is 0.